The monoisotopic (exact) mass is 463 g/mol. The largest absolute Gasteiger partial charge is 0.468 e. The molecule has 0 saturated carbocycles. The van der Waals surface area contributed by atoms with Crippen molar-refractivity contribution in [3.63, 3.8) is 0 Å². The molecule has 1 atom stereocenters. The normalized spacial score (nSPS) is 11.7. The number of esters is 1. The molecule has 4 aromatic rings. The van der Waals surface area contributed by atoms with Crippen LogP contribution in [0.1, 0.15) is 30.2 Å². The van der Waals surface area contributed by atoms with Crippen molar-refractivity contribution in [3.8, 4) is 11.5 Å². The molecule has 2 aromatic heterocycles. The van der Waals surface area contributed by atoms with Crippen LogP contribution >= 0.6 is 11.8 Å². The quantitative estimate of drug-likeness (QED) is 0.245. The zero-order valence-corrected chi connectivity index (χ0v) is 19.0. The van der Waals surface area contributed by atoms with E-state index >= 15 is 0 Å². The number of benzene rings is 2. The van der Waals surface area contributed by atoms with Crippen LogP contribution in [0.25, 0.3) is 0 Å². The minimum absolute atomic E-state index is 0.285. The Balaban J connectivity index is 1.40. The molecule has 0 amide bonds. The zero-order valence-electron chi connectivity index (χ0n) is 18.2. The summed E-state index contributed by atoms with van der Waals surface area (Å²) in [6.45, 7) is 2.07. The standard InChI is InChI=1S/C26H25NO5S/c1-2-29-26(28)25(24-15-14-23(32-24)18-33-17-22-9-6-16-30-22)27-19-10-12-21(13-11-19)31-20-7-4-3-5-8-20/h3-16,25,27H,2,17-18H2,1H3. The summed E-state index contributed by atoms with van der Waals surface area (Å²) in [6, 6.07) is 23.7. The van der Waals surface area contributed by atoms with E-state index in [1.807, 2.05) is 78.9 Å². The van der Waals surface area contributed by atoms with E-state index in [2.05, 4.69) is 5.32 Å². The first-order valence-corrected chi connectivity index (χ1v) is 11.8. The fourth-order valence-electron chi connectivity index (χ4n) is 3.16. The van der Waals surface area contributed by atoms with Gasteiger partial charge in [0.1, 0.15) is 28.8 Å². The number of nitrogens with one attached hydrogen (secondary N) is 1. The van der Waals surface area contributed by atoms with Crippen LogP contribution in [-0.2, 0) is 21.0 Å². The molecule has 2 heterocycles. The fourth-order valence-corrected chi connectivity index (χ4v) is 3.98. The molecule has 6 nitrogen and oxygen atoms in total. The predicted octanol–water partition coefficient (Wildman–Crippen LogP) is 6.81. The van der Waals surface area contributed by atoms with Crippen LogP contribution in [0.4, 0.5) is 5.69 Å². The molecular formula is C26H25NO5S. The minimum Gasteiger partial charge on any atom is -0.468 e. The number of anilines is 1. The molecule has 7 heteroatoms. The maximum atomic E-state index is 12.6. The highest BCUT2D eigenvalue weighted by molar-refractivity contribution is 7.97. The molecule has 0 aliphatic rings. The Morgan fingerprint density at radius 1 is 0.909 bits per heavy atom. The lowest BCUT2D eigenvalue weighted by Crippen LogP contribution is -2.23. The number of ether oxygens (including phenoxy) is 2. The molecule has 0 fully saturated rings. The van der Waals surface area contributed by atoms with Gasteiger partial charge in [-0.15, -0.1) is 11.8 Å². The second kappa shape index (κ2) is 11.3. The Kier molecular flexibility index (Phi) is 7.76. The van der Waals surface area contributed by atoms with Crippen LogP contribution in [0, 0.1) is 0 Å². The second-order valence-electron chi connectivity index (χ2n) is 7.15. The van der Waals surface area contributed by atoms with Crippen molar-refractivity contribution in [2.45, 2.75) is 24.5 Å². The molecule has 33 heavy (non-hydrogen) atoms. The minimum atomic E-state index is -0.755. The van der Waals surface area contributed by atoms with Crippen molar-refractivity contribution in [1.29, 1.82) is 0 Å². The lowest BCUT2D eigenvalue weighted by molar-refractivity contribution is -0.144. The summed E-state index contributed by atoms with van der Waals surface area (Å²) in [4.78, 5) is 12.6. The van der Waals surface area contributed by atoms with Crippen LogP contribution in [0.15, 0.2) is 94.0 Å². The van der Waals surface area contributed by atoms with Gasteiger partial charge >= 0.3 is 5.97 Å². The molecule has 0 bridgehead atoms. The van der Waals surface area contributed by atoms with E-state index in [0.29, 0.717) is 17.3 Å². The third-order valence-corrected chi connectivity index (χ3v) is 5.68. The van der Waals surface area contributed by atoms with Gasteiger partial charge in [0, 0.05) is 5.69 Å². The van der Waals surface area contributed by atoms with Crippen molar-refractivity contribution in [1.82, 2.24) is 0 Å². The summed E-state index contributed by atoms with van der Waals surface area (Å²) in [7, 11) is 0. The van der Waals surface area contributed by atoms with E-state index in [9.17, 15) is 4.79 Å². The molecule has 0 saturated heterocycles. The van der Waals surface area contributed by atoms with Crippen LogP contribution in [0.5, 0.6) is 11.5 Å². The highest BCUT2D eigenvalue weighted by Gasteiger charge is 2.25. The molecule has 0 spiro atoms. The maximum Gasteiger partial charge on any atom is 0.336 e. The second-order valence-corrected chi connectivity index (χ2v) is 8.13. The van der Waals surface area contributed by atoms with Gasteiger partial charge in [0.05, 0.1) is 24.4 Å². The number of para-hydroxylation sites is 1. The van der Waals surface area contributed by atoms with Gasteiger partial charge in [0.25, 0.3) is 0 Å². The lowest BCUT2D eigenvalue weighted by Gasteiger charge is -2.17. The Labute approximate surface area is 196 Å². The molecule has 4 rings (SSSR count). The SMILES string of the molecule is CCOC(=O)C(Nc1ccc(Oc2ccccc2)cc1)c1ccc(CSCc2ccco2)o1. The van der Waals surface area contributed by atoms with E-state index in [0.717, 1.165) is 28.7 Å². The highest BCUT2D eigenvalue weighted by atomic mass is 32.2. The van der Waals surface area contributed by atoms with Crippen molar-refractivity contribution >= 4 is 23.4 Å². The van der Waals surface area contributed by atoms with Crippen LogP contribution in [0.2, 0.25) is 0 Å². The zero-order chi connectivity index (χ0) is 22.9. The van der Waals surface area contributed by atoms with Crippen LogP contribution in [0.3, 0.4) is 0 Å². The van der Waals surface area contributed by atoms with Gasteiger partial charge in [-0.3, -0.25) is 0 Å². The lowest BCUT2D eigenvalue weighted by atomic mass is 10.2. The third kappa shape index (κ3) is 6.46. The molecule has 2 aromatic carbocycles. The van der Waals surface area contributed by atoms with E-state index in [4.69, 9.17) is 18.3 Å². The van der Waals surface area contributed by atoms with E-state index < -0.39 is 12.0 Å². The van der Waals surface area contributed by atoms with Crippen LogP contribution in [-0.4, -0.2) is 12.6 Å². The molecule has 170 valence electrons. The van der Waals surface area contributed by atoms with E-state index in [1.54, 1.807) is 24.9 Å². The van der Waals surface area contributed by atoms with Gasteiger partial charge in [0.2, 0.25) is 0 Å². The Hall–Kier alpha value is -3.58. The Morgan fingerprint density at radius 3 is 2.39 bits per heavy atom. The Morgan fingerprint density at radius 2 is 1.67 bits per heavy atom. The van der Waals surface area contributed by atoms with Gasteiger partial charge in [-0.1, -0.05) is 18.2 Å². The van der Waals surface area contributed by atoms with Gasteiger partial charge < -0.3 is 23.6 Å². The summed E-state index contributed by atoms with van der Waals surface area (Å²) in [5.41, 5.74) is 0.749. The molecule has 1 unspecified atom stereocenters. The number of hydrogen-bond donors (Lipinski definition) is 1. The van der Waals surface area contributed by atoms with Gasteiger partial charge in [-0.25, -0.2) is 4.79 Å². The smallest absolute Gasteiger partial charge is 0.336 e. The number of carbonyl (C=O) groups is 1. The molecule has 1 N–H and O–H groups in total. The number of thioether (sulfide) groups is 1. The van der Waals surface area contributed by atoms with Gasteiger partial charge in [0.15, 0.2) is 6.04 Å². The topological polar surface area (TPSA) is 73.8 Å². The summed E-state index contributed by atoms with van der Waals surface area (Å²) in [6.07, 6.45) is 1.66. The number of rotatable bonds is 11. The fraction of sp³-hybridized carbons (Fsp3) is 0.192. The van der Waals surface area contributed by atoms with Crippen molar-refractivity contribution in [3.05, 3.63) is 102 Å². The molecule has 0 aliphatic heterocycles. The van der Waals surface area contributed by atoms with Crippen molar-refractivity contribution < 1.29 is 23.1 Å². The number of hydrogen-bond acceptors (Lipinski definition) is 7. The Bertz CT molecular complexity index is 1120. The number of carbonyl (C=O) groups excluding carboxylic acids is 1. The molecule has 0 radical (unpaired) electrons. The van der Waals surface area contributed by atoms with E-state index in [-0.39, 0.29) is 6.61 Å². The average Bonchev–Trinajstić information content (AvgIpc) is 3.52. The van der Waals surface area contributed by atoms with Gasteiger partial charge in [-0.05, 0) is 67.6 Å². The summed E-state index contributed by atoms with van der Waals surface area (Å²) in [5, 5.41) is 3.22. The van der Waals surface area contributed by atoms with Crippen LogP contribution < -0.4 is 10.1 Å². The summed E-state index contributed by atoms with van der Waals surface area (Å²) < 4.78 is 22.4. The molecule has 0 aliphatic carbocycles. The first-order chi connectivity index (χ1) is 16.2. The first kappa shape index (κ1) is 22.6. The van der Waals surface area contributed by atoms with Crippen molar-refractivity contribution in [2.24, 2.45) is 0 Å². The van der Waals surface area contributed by atoms with Gasteiger partial charge in [-0.2, -0.15) is 0 Å². The average molecular weight is 464 g/mol. The number of furan rings is 2. The third-order valence-electron chi connectivity index (χ3n) is 4.70. The first-order valence-electron chi connectivity index (χ1n) is 10.7. The summed E-state index contributed by atoms with van der Waals surface area (Å²) >= 11 is 1.68. The highest BCUT2D eigenvalue weighted by Crippen LogP contribution is 2.28. The summed E-state index contributed by atoms with van der Waals surface area (Å²) in [5.74, 6) is 4.69. The molecular weight excluding hydrogens is 438 g/mol. The maximum absolute atomic E-state index is 12.6. The van der Waals surface area contributed by atoms with Crippen molar-refractivity contribution in [2.75, 3.05) is 11.9 Å². The van der Waals surface area contributed by atoms with E-state index in [1.165, 1.54) is 0 Å². The predicted molar refractivity (Wildman–Crippen MR) is 128 cm³/mol.